The van der Waals surface area contributed by atoms with Crippen LogP contribution in [0.5, 0.6) is 0 Å². The first-order chi connectivity index (χ1) is 41.3. The maximum Gasteiger partial charge on any atom is 0.335 e. The summed E-state index contributed by atoms with van der Waals surface area (Å²) in [5.74, 6) is -3.48. The summed E-state index contributed by atoms with van der Waals surface area (Å²) in [7, 11) is 0. The molecule has 0 bridgehead atoms. The molecule has 20 nitrogen and oxygen atoms in total. The standard InChI is InChI=1S/2C31H36FN5O3.2O2S/c2*1-4-21(3)29(38)36-27(19-34-30(39)23-10-12-24(32)13-11-23)31(40)37-14-6-9-28(37)26-18-33-17-25(35-26)16-22-8-5-7-20(2)15-22;2*1-3-2/h2*5,7-8,10-13,15,17-18,21,27-28H,4,6,9,14,16,19H2,1-3H3,(H,34,39)(H,36,38);;/t21-,27+,28+;21-,27+,28-;;/m11../s1. The average molecular weight is 1220 g/mol. The number of amides is 6. The van der Waals surface area contributed by atoms with Crippen LogP contribution in [0.3, 0.4) is 0 Å². The molecule has 0 spiro atoms. The molecule has 0 saturated carbocycles. The highest BCUT2D eigenvalue weighted by molar-refractivity contribution is 7.52. The summed E-state index contributed by atoms with van der Waals surface area (Å²) < 4.78 is 59.7. The van der Waals surface area contributed by atoms with E-state index in [1.54, 1.807) is 48.4 Å². The molecule has 0 unspecified atom stereocenters. The second kappa shape index (κ2) is 35.0. The Morgan fingerprint density at radius 2 is 0.919 bits per heavy atom. The lowest BCUT2D eigenvalue weighted by molar-refractivity contribution is -0.138. The minimum atomic E-state index is -0.963. The van der Waals surface area contributed by atoms with Crippen molar-refractivity contribution in [2.75, 3.05) is 26.2 Å². The van der Waals surface area contributed by atoms with E-state index in [-0.39, 0.29) is 71.8 Å². The highest BCUT2D eigenvalue weighted by Gasteiger charge is 2.38. The Kier molecular flexibility index (Phi) is 27.7. The molecule has 6 atom stereocenters. The number of nitrogens with one attached hydrogen (secondary N) is 4. The third-order valence-electron chi connectivity index (χ3n) is 14.6. The van der Waals surface area contributed by atoms with E-state index in [1.807, 2.05) is 52.0 Å². The molecule has 86 heavy (non-hydrogen) atoms. The van der Waals surface area contributed by atoms with Crippen LogP contribution in [-0.4, -0.2) is 120 Å². The van der Waals surface area contributed by atoms with Crippen LogP contribution in [0.15, 0.2) is 122 Å². The van der Waals surface area contributed by atoms with Gasteiger partial charge in [0.1, 0.15) is 23.7 Å². The third kappa shape index (κ3) is 20.9. The lowest BCUT2D eigenvalue weighted by Crippen LogP contribution is -2.54. The molecular formula is C62H72F2N10O10S2. The van der Waals surface area contributed by atoms with Crippen LogP contribution in [0.4, 0.5) is 8.78 Å². The highest BCUT2D eigenvalue weighted by atomic mass is 32.1. The van der Waals surface area contributed by atoms with E-state index < -0.39 is 58.7 Å². The number of nitrogens with zero attached hydrogens (tertiary/aromatic N) is 6. The number of aryl methyl sites for hydroxylation is 2. The van der Waals surface area contributed by atoms with E-state index in [1.165, 1.54) is 59.7 Å². The maximum absolute atomic E-state index is 13.8. The van der Waals surface area contributed by atoms with Crippen LogP contribution in [0.1, 0.15) is 144 Å². The SMILES string of the molecule is CC[C@@H](C)C(=O)N[C@@H](CNC(=O)c1ccc(F)cc1)C(=O)N1CCC[C@@H]1c1cncc(Cc2cccc(C)c2)n1.CC[C@@H](C)C(=O)N[C@@H](CNC(=O)c1ccc(F)cc1)C(=O)N1CCC[C@H]1c1cncc(Cc2cccc(C)c2)n1.O=S=O.O=S=O. The largest absolute Gasteiger partial charge is 0.349 e. The number of rotatable bonds is 20. The van der Waals surface area contributed by atoms with Crippen molar-refractivity contribution in [3.8, 4) is 0 Å². The first kappa shape index (κ1) is 68.1. The van der Waals surface area contributed by atoms with Crippen molar-refractivity contribution < 1.29 is 54.4 Å². The molecule has 6 amide bonds. The molecule has 6 aromatic rings. The van der Waals surface area contributed by atoms with Crippen LogP contribution < -0.4 is 21.3 Å². The minimum absolute atomic E-state index is 0.0977. The fourth-order valence-electron chi connectivity index (χ4n) is 9.67. The van der Waals surface area contributed by atoms with Crippen molar-refractivity contribution in [3.05, 3.63) is 190 Å². The lowest BCUT2D eigenvalue weighted by atomic mass is 10.1. The normalized spacial score (nSPS) is 15.4. The number of halogens is 2. The average Bonchev–Trinajstić information content (AvgIpc) is 2.83. The smallest absolute Gasteiger partial charge is 0.335 e. The zero-order valence-electron chi connectivity index (χ0n) is 48.8. The van der Waals surface area contributed by atoms with Gasteiger partial charge in [-0.25, -0.2) is 8.78 Å². The number of hydrogen-bond donors (Lipinski definition) is 4. The quantitative estimate of drug-likeness (QED) is 0.0603. The first-order valence-corrected chi connectivity index (χ1v) is 29.5. The number of carbonyl (C=O) groups excluding carboxylic acids is 6. The molecule has 2 saturated heterocycles. The Balaban J connectivity index is 0.000000288. The first-order valence-electron chi connectivity index (χ1n) is 28.2. The summed E-state index contributed by atoms with van der Waals surface area (Å²) in [4.78, 5) is 101. The number of aromatic nitrogens is 4. The van der Waals surface area contributed by atoms with Gasteiger partial charge in [0, 0.05) is 74.4 Å². The monoisotopic (exact) mass is 1220 g/mol. The van der Waals surface area contributed by atoms with Crippen LogP contribution >= 0.6 is 0 Å². The van der Waals surface area contributed by atoms with Gasteiger partial charge in [0.25, 0.3) is 11.8 Å². The molecule has 2 aliphatic heterocycles. The van der Waals surface area contributed by atoms with Gasteiger partial charge in [0.05, 0.1) is 47.3 Å². The fourth-order valence-corrected chi connectivity index (χ4v) is 9.67. The van der Waals surface area contributed by atoms with Gasteiger partial charge in [-0.05, 0) is 112 Å². The molecule has 0 radical (unpaired) electrons. The van der Waals surface area contributed by atoms with Crippen LogP contribution in [0.2, 0.25) is 0 Å². The van der Waals surface area contributed by atoms with Gasteiger partial charge in [-0.15, -0.1) is 0 Å². The summed E-state index contributed by atoms with van der Waals surface area (Å²) >= 11 is -1.50. The molecule has 2 fully saturated rings. The van der Waals surface area contributed by atoms with Gasteiger partial charge >= 0.3 is 23.1 Å². The molecule has 2 aliphatic rings. The van der Waals surface area contributed by atoms with Crippen LogP contribution in [0.25, 0.3) is 0 Å². The molecule has 0 aliphatic carbocycles. The van der Waals surface area contributed by atoms with Crippen LogP contribution in [-0.2, 0) is 55.2 Å². The number of hydrogen-bond acceptors (Lipinski definition) is 14. The fraction of sp³-hybridized carbons (Fsp3) is 0.387. The Morgan fingerprint density at radius 1 is 0.558 bits per heavy atom. The van der Waals surface area contributed by atoms with Gasteiger partial charge < -0.3 is 31.1 Å². The van der Waals surface area contributed by atoms with Crippen molar-refractivity contribution >= 4 is 58.6 Å². The van der Waals surface area contributed by atoms with E-state index >= 15 is 0 Å². The highest BCUT2D eigenvalue weighted by Crippen LogP contribution is 2.33. The Bertz CT molecular complexity index is 3120. The second-order valence-corrected chi connectivity index (χ2v) is 21.2. The summed E-state index contributed by atoms with van der Waals surface area (Å²) in [6, 6.07) is 24.3. The van der Waals surface area contributed by atoms with Gasteiger partial charge in [-0.3, -0.25) is 48.7 Å². The third-order valence-corrected chi connectivity index (χ3v) is 14.6. The molecule has 4 heterocycles. The summed E-state index contributed by atoms with van der Waals surface area (Å²) in [6.45, 7) is 12.3. The van der Waals surface area contributed by atoms with Crippen molar-refractivity contribution in [2.45, 2.75) is 117 Å². The predicted octanol–water partition coefficient (Wildman–Crippen LogP) is 6.94. The van der Waals surface area contributed by atoms with Gasteiger partial charge in [-0.1, -0.05) is 87.4 Å². The topological polar surface area (TPSA) is 277 Å². The zero-order chi connectivity index (χ0) is 62.7. The van der Waals surface area contributed by atoms with Crippen molar-refractivity contribution in [2.24, 2.45) is 11.8 Å². The lowest BCUT2D eigenvalue weighted by Gasteiger charge is -2.30. The van der Waals surface area contributed by atoms with E-state index in [0.29, 0.717) is 50.2 Å². The molecule has 2 aromatic heterocycles. The van der Waals surface area contributed by atoms with Crippen molar-refractivity contribution in [1.29, 1.82) is 0 Å². The Hall–Kier alpha value is -8.64. The maximum atomic E-state index is 13.8. The number of carbonyl (C=O) groups is 6. The van der Waals surface area contributed by atoms with Gasteiger partial charge in [-0.2, -0.15) is 16.8 Å². The van der Waals surface area contributed by atoms with Crippen molar-refractivity contribution in [3.63, 3.8) is 0 Å². The zero-order valence-corrected chi connectivity index (χ0v) is 50.5. The van der Waals surface area contributed by atoms with E-state index in [9.17, 15) is 37.5 Å². The molecule has 24 heteroatoms. The summed E-state index contributed by atoms with van der Waals surface area (Å²) in [5, 5.41) is 11.1. The Labute approximate surface area is 506 Å². The number of benzene rings is 4. The molecule has 4 aromatic carbocycles. The van der Waals surface area contributed by atoms with Crippen molar-refractivity contribution in [1.82, 2.24) is 51.0 Å². The van der Waals surface area contributed by atoms with E-state index in [0.717, 1.165) is 48.2 Å². The van der Waals surface area contributed by atoms with Gasteiger partial charge in [0.15, 0.2) is 0 Å². The van der Waals surface area contributed by atoms with E-state index in [2.05, 4.69) is 55.5 Å². The molecular weight excluding hydrogens is 1150 g/mol. The number of likely N-dealkylation sites (tertiary alicyclic amines) is 2. The molecule has 456 valence electrons. The van der Waals surface area contributed by atoms with Gasteiger partial charge in [0.2, 0.25) is 23.6 Å². The summed E-state index contributed by atoms with van der Waals surface area (Å²) in [6.07, 6.45) is 12.4. The molecule has 8 rings (SSSR count). The predicted molar refractivity (Wildman–Crippen MR) is 317 cm³/mol. The minimum Gasteiger partial charge on any atom is -0.349 e. The van der Waals surface area contributed by atoms with E-state index in [4.69, 9.17) is 26.8 Å². The van der Waals surface area contributed by atoms with Crippen LogP contribution in [0, 0.1) is 37.3 Å². The summed E-state index contributed by atoms with van der Waals surface area (Å²) in [5.41, 5.74) is 8.19. The Morgan fingerprint density at radius 3 is 1.26 bits per heavy atom. The molecule has 4 N–H and O–H groups in total. The second-order valence-electron chi connectivity index (χ2n) is 20.9.